The Hall–Kier alpha value is -3.07. The molecular weight excluding hydrogens is 458 g/mol. The summed E-state index contributed by atoms with van der Waals surface area (Å²) in [5, 5.41) is 19.1. The van der Waals surface area contributed by atoms with Crippen molar-refractivity contribution in [1.82, 2.24) is 14.9 Å². The first-order valence-electron chi connectivity index (χ1n) is 10.6. The fourth-order valence-corrected chi connectivity index (χ4v) is 6.13. The van der Waals surface area contributed by atoms with E-state index in [1.807, 2.05) is 11.0 Å². The van der Waals surface area contributed by atoms with Gasteiger partial charge in [0.05, 0.1) is 35.9 Å². The molecule has 1 aliphatic heterocycles. The number of anilines is 3. The summed E-state index contributed by atoms with van der Waals surface area (Å²) < 4.78 is 5.50. The van der Waals surface area contributed by atoms with E-state index in [1.165, 1.54) is 10.4 Å². The molecule has 1 saturated heterocycles. The van der Waals surface area contributed by atoms with Crippen molar-refractivity contribution in [2.45, 2.75) is 24.2 Å². The summed E-state index contributed by atoms with van der Waals surface area (Å²) in [7, 11) is 1.59. The summed E-state index contributed by atoms with van der Waals surface area (Å²) in [5.74, 6) is 1.38. The van der Waals surface area contributed by atoms with Crippen LogP contribution in [0.2, 0.25) is 0 Å². The number of nitrogen functional groups attached to an aromatic ring is 1. The van der Waals surface area contributed by atoms with Gasteiger partial charge in [-0.15, -0.1) is 11.3 Å². The molecule has 1 amide bonds. The SMILES string of the molecule is COc1cc(N)c(SN)cc1Nc1ncnc2sc3c(c12)CCC(C(=O)N1CC(C#N)C1)C3. The number of thiophene rings is 1. The summed E-state index contributed by atoms with van der Waals surface area (Å²) >= 11 is 2.69. The predicted octanol–water partition coefficient (Wildman–Crippen LogP) is 3.08. The van der Waals surface area contributed by atoms with Gasteiger partial charge in [0.25, 0.3) is 0 Å². The number of benzene rings is 1. The highest BCUT2D eigenvalue weighted by Gasteiger charge is 2.37. The van der Waals surface area contributed by atoms with Crippen molar-refractivity contribution in [2.75, 3.05) is 31.2 Å². The highest BCUT2D eigenvalue weighted by molar-refractivity contribution is 7.97. The van der Waals surface area contributed by atoms with Crippen molar-refractivity contribution in [3.63, 3.8) is 0 Å². The molecule has 0 radical (unpaired) electrons. The molecule has 1 aromatic carbocycles. The van der Waals surface area contributed by atoms with Crippen LogP contribution in [-0.2, 0) is 17.6 Å². The first-order valence-corrected chi connectivity index (χ1v) is 12.3. The number of nitriles is 1. The van der Waals surface area contributed by atoms with Crippen molar-refractivity contribution < 1.29 is 9.53 Å². The second-order valence-electron chi connectivity index (χ2n) is 8.25. The number of nitrogens with zero attached hydrogens (tertiary/aromatic N) is 4. The van der Waals surface area contributed by atoms with Gasteiger partial charge in [0.15, 0.2) is 0 Å². The Morgan fingerprint density at radius 3 is 2.94 bits per heavy atom. The third kappa shape index (κ3) is 3.84. The van der Waals surface area contributed by atoms with Gasteiger partial charge in [0.1, 0.15) is 22.7 Å². The Bertz CT molecular complexity index is 1280. The molecule has 33 heavy (non-hydrogen) atoms. The average molecular weight is 482 g/mol. The van der Waals surface area contributed by atoms with E-state index < -0.39 is 0 Å². The molecule has 0 spiro atoms. The van der Waals surface area contributed by atoms with Crippen LogP contribution in [0.5, 0.6) is 5.75 Å². The van der Waals surface area contributed by atoms with E-state index in [4.69, 9.17) is 20.9 Å². The molecule has 11 heteroatoms. The normalized spacial score (nSPS) is 17.8. The standard InChI is InChI=1S/C22H23N7O2S2/c1-31-16-5-14(24)18(33-25)6-15(16)28-20-19-13-3-2-12(22(30)29-8-11(7-23)9-29)4-17(13)32-21(19)27-10-26-20/h5-6,10-12H,2-4,8-9,24-25H2,1H3,(H,26,27,28). The third-order valence-corrected chi connectivity index (χ3v) is 8.05. The number of amides is 1. The number of ether oxygens (including phenoxy) is 1. The zero-order valence-corrected chi connectivity index (χ0v) is 19.6. The smallest absolute Gasteiger partial charge is 0.226 e. The molecule has 1 fully saturated rings. The molecule has 5 N–H and O–H groups in total. The van der Waals surface area contributed by atoms with Gasteiger partial charge >= 0.3 is 0 Å². The molecule has 1 unspecified atom stereocenters. The van der Waals surface area contributed by atoms with E-state index in [-0.39, 0.29) is 17.7 Å². The van der Waals surface area contributed by atoms with Gasteiger partial charge < -0.3 is 20.7 Å². The van der Waals surface area contributed by atoms with Gasteiger partial charge in [-0.05, 0) is 42.8 Å². The molecular formula is C22H23N7O2S2. The maximum Gasteiger partial charge on any atom is 0.226 e. The van der Waals surface area contributed by atoms with E-state index in [0.717, 1.165) is 39.9 Å². The number of nitrogens with one attached hydrogen (secondary N) is 1. The van der Waals surface area contributed by atoms with Crippen LogP contribution in [-0.4, -0.2) is 41.0 Å². The monoisotopic (exact) mass is 481 g/mol. The lowest BCUT2D eigenvalue weighted by Crippen LogP contribution is -2.52. The number of hydrogen-bond donors (Lipinski definition) is 3. The van der Waals surface area contributed by atoms with Gasteiger partial charge in [0.2, 0.25) is 5.91 Å². The lowest BCUT2D eigenvalue weighted by Gasteiger charge is -2.38. The zero-order valence-electron chi connectivity index (χ0n) is 18.0. The van der Waals surface area contributed by atoms with Crippen LogP contribution < -0.4 is 20.9 Å². The van der Waals surface area contributed by atoms with E-state index >= 15 is 0 Å². The number of carbonyl (C=O) groups excluding carboxylic acids is 1. The number of fused-ring (bicyclic) bond motifs is 3. The first-order chi connectivity index (χ1) is 16.0. The van der Waals surface area contributed by atoms with Crippen molar-refractivity contribution in [3.05, 3.63) is 28.9 Å². The van der Waals surface area contributed by atoms with Crippen LogP contribution in [0.3, 0.4) is 0 Å². The van der Waals surface area contributed by atoms with Crippen LogP contribution in [0.15, 0.2) is 23.4 Å². The maximum absolute atomic E-state index is 12.9. The molecule has 2 aromatic heterocycles. The molecule has 0 bridgehead atoms. The second-order valence-corrected chi connectivity index (χ2v) is 10.0. The summed E-state index contributed by atoms with van der Waals surface area (Å²) in [5.41, 5.74) is 8.50. The van der Waals surface area contributed by atoms with Gasteiger partial charge in [-0.1, -0.05) is 0 Å². The molecule has 5 rings (SSSR count). The van der Waals surface area contributed by atoms with Gasteiger partial charge in [-0.25, -0.2) is 9.97 Å². The van der Waals surface area contributed by atoms with Gasteiger partial charge in [-0.3, -0.25) is 9.93 Å². The van der Waals surface area contributed by atoms with E-state index in [2.05, 4.69) is 21.4 Å². The molecule has 0 saturated carbocycles. The number of nitrogens with two attached hydrogens (primary N) is 2. The average Bonchev–Trinajstić information content (AvgIpc) is 3.17. The minimum absolute atomic E-state index is 0.0233. The van der Waals surface area contributed by atoms with E-state index in [9.17, 15) is 4.79 Å². The van der Waals surface area contributed by atoms with Crippen molar-refractivity contribution in [2.24, 2.45) is 17.0 Å². The van der Waals surface area contributed by atoms with Gasteiger partial charge in [0, 0.05) is 34.8 Å². The Morgan fingerprint density at radius 1 is 1.39 bits per heavy atom. The van der Waals surface area contributed by atoms with Gasteiger partial charge in [-0.2, -0.15) is 5.26 Å². The lowest BCUT2D eigenvalue weighted by atomic mass is 9.85. The fraction of sp³-hybridized carbons (Fsp3) is 0.364. The first kappa shape index (κ1) is 21.8. The minimum Gasteiger partial charge on any atom is -0.494 e. The summed E-state index contributed by atoms with van der Waals surface area (Å²) in [6, 6.07) is 5.82. The Balaban J connectivity index is 1.44. The Kier molecular flexibility index (Phi) is 5.74. The number of methoxy groups -OCH3 is 1. The van der Waals surface area contributed by atoms with Crippen LogP contribution >= 0.6 is 23.3 Å². The summed E-state index contributed by atoms with van der Waals surface area (Å²) in [6.45, 7) is 1.11. The molecule has 3 heterocycles. The van der Waals surface area contributed by atoms with Crippen molar-refractivity contribution >= 4 is 56.6 Å². The zero-order chi connectivity index (χ0) is 23.1. The number of aryl methyl sites for hydroxylation is 1. The summed E-state index contributed by atoms with van der Waals surface area (Å²) in [4.78, 5) is 26.5. The fourth-order valence-electron chi connectivity index (χ4n) is 4.49. The third-order valence-electron chi connectivity index (χ3n) is 6.28. The number of aromatic nitrogens is 2. The van der Waals surface area contributed by atoms with Crippen LogP contribution in [0, 0.1) is 23.2 Å². The molecule has 170 valence electrons. The maximum atomic E-state index is 12.9. The molecule has 9 nitrogen and oxygen atoms in total. The molecule has 1 aliphatic carbocycles. The van der Waals surface area contributed by atoms with Crippen molar-refractivity contribution in [3.8, 4) is 11.8 Å². The topological polar surface area (TPSA) is 143 Å². The highest BCUT2D eigenvalue weighted by atomic mass is 32.2. The predicted molar refractivity (Wildman–Crippen MR) is 129 cm³/mol. The lowest BCUT2D eigenvalue weighted by molar-refractivity contribution is -0.141. The summed E-state index contributed by atoms with van der Waals surface area (Å²) in [6.07, 6.45) is 3.80. The Labute approximate surface area is 199 Å². The van der Waals surface area contributed by atoms with Crippen molar-refractivity contribution in [1.29, 1.82) is 5.26 Å². The Morgan fingerprint density at radius 2 is 2.21 bits per heavy atom. The number of carbonyl (C=O) groups is 1. The number of hydrogen-bond acceptors (Lipinski definition) is 10. The number of rotatable bonds is 5. The van der Waals surface area contributed by atoms with E-state index in [0.29, 0.717) is 42.5 Å². The largest absolute Gasteiger partial charge is 0.494 e. The highest BCUT2D eigenvalue weighted by Crippen LogP contribution is 2.42. The van der Waals surface area contributed by atoms with Crippen LogP contribution in [0.1, 0.15) is 16.9 Å². The molecule has 3 aromatic rings. The second kappa shape index (κ2) is 8.70. The van der Waals surface area contributed by atoms with E-state index in [1.54, 1.807) is 30.8 Å². The number of likely N-dealkylation sites (tertiary alicyclic amines) is 1. The van der Waals surface area contributed by atoms with Crippen LogP contribution in [0.25, 0.3) is 10.2 Å². The minimum atomic E-state index is -0.0455. The molecule has 1 atom stereocenters. The van der Waals surface area contributed by atoms with Crippen LogP contribution in [0.4, 0.5) is 17.2 Å². The molecule has 2 aliphatic rings. The quantitative estimate of drug-likeness (QED) is 0.370.